The predicted molar refractivity (Wildman–Crippen MR) is 81.3 cm³/mol. The summed E-state index contributed by atoms with van der Waals surface area (Å²) in [6.07, 6.45) is 1.54. The molecule has 3 rings (SSSR count). The highest BCUT2D eigenvalue weighted by Gasteiger charge is 2.09. The first kappa shape index (κ1) is 13.9. The molecule has 0 atom stereocenters. The average molecular weight is 321 g/mol. The highest BCUT2D eigenvalue weighted by atomic mass is 35.5. The van der Waals surface area contributed by atoms with Crippen LogP contribution in [0.2, 0.25) is 10.0 Å². The van der Waals surface area contributed by atoms with Crippen LogP contribution in [0.25, 0.3) is 11.5 Å². The molecule has 3 aromatic rings. The molecule has 0 fully saturated rings. The van der Waals surface area contributed by atoms with Gasteiger partial charge in [-0.15, -0.1) is 0 Å². The molecular formula is C14H10Cl2N4O. The first-order chi connectivity index (χ1) is 10.2. The Balaban J connectivity index is 1.69. The average Bonchev–Trinajstić information content (AvgIpc) is 2.95. The van der Waals surface area contributed by atoms with E-state index in [0.717, 1.165) is 5.69 Å². The Bertz CT molecular complexity index is 743. The molecule has 7 heteroatoms. The van der Waals surface area contributed by atoms with Crippen LogP contribution in [0.5, 0.6) is 0 Å². The third-order valence-electron chi connectivity index (χ3n) is 2.69. The summed E-state index contributed by atoms with van der Waals surface area (Å²) in [5.41, 5.74) is 1.49. The van der Waals surface area contributed by atoms with Crippen LogP contribution < -0.4 is 5.32 Å². The number of hydrogen-bond acceptors (Lipinski definition) is 5. The molecule has 2 heterocycles. The van der Waals surface area contributed by atoms with E-state index in [1.54, 1.807) is 12.1 Å². The summed E-state index contributed by atoms with van der Waals surface area (Å²) < 4.78 is 5.17. The van der Waals surface area contributed by atoms with Crippen LogP contribution >= 0.6 is 23.2 Å². The van der Waals surface area contributed by atoms with Crippen LogP contribution in [0, 0.1) is 0 Å². The van der Waals surface area contributed by atoms with E-state index >= 15 is 0 Å². The fourth-order valence-electron chi connectivity index (χ4n) is 1.71. The van der Waals surface area contributed by atoms with Crippen molar-refractivity contribution < 1.29 is 4.52 Å². The molecule has 0 amide bonds. The monoisotopic (exact) mass is 320 g/mol. The van der Waals surface area contributed by atoms with Crippen LogP contribution in [-0.2, 0) is 6.54 Å². The molecule has 106 valence electrons. The Morgan fingerprint density at radius 3 is 2.76 bits per heavy atom. The van der Waals surface area contributed by atoms with Crippen molar-refractivity contribution in [1.82, 2.24) is 15.1 Å². The molecule has 0 bridgehead atoms. The summed E-state index contributed by atoms with van der Waals surface area (Å²) >= 11 is 11.7. The Morgan fingerprint density at radius 1 is 1.10 bits per heavy atom. The number of pyridine rings is 1. The summed E-state index contributed by atoms with van der Waals surface area (Å²) in [4.78, 5) is 8.41. The van der Waals surface area contributed by atoms with Crippen molar-refractivity contribution in [3.63, 3.8) is 0 Å². The smallest absolute Gasteiger partial charge is 0.246 e. The molecule has 0 aliphatic carbocycles. The zero-order valence-corrected chi connectivity index (χ0v) is 12.3. The highest BCUT2D eigenvalue weighted by molar-refractivity contribution is 6.31. The lowest BCUT2D eigenvalue weighted by Gasteiger charge is -2.02. The van der Waals surface area contributed by atoms with Gasteiger partial charge in [0.25, 0.3) is 0 Å². The molecular weight excluding hydrogens is 311 g/mol. The largest absolute Gasteiger partial charge is 0.376 e. The molecule has 2 aromatic heterocycles. The first-order valence-electron chi connectivity index (χ1n) is 6.15. The van der Waals surface area contributed by atoms with Crippen molar-refractivity contribution in [2.75, 3.05) is 5.32 Å². The van der Waals surface area contributed by atoms with Gasteiger partial charge in [-0.25, -0.2) is 0 Å². The summed E-state index contributed by atoms with van der Waals surface area (Å²) in [5.74, 6) is 0.885. The highest BCUT2D eigenvalue weighted by Crippen LogP contribution is 2.17. The zero-order valence-electron chi connectivity index (χ0n) is 10.8. The zero-order chi connectivity index (χ0) is 14.7. The molecule has 0 aliphatic rings. The number of halogens is 2. The molecule has 0 saturated heterocycles. The second kappa shape index (κ2) is 6.11. The van der Waals surface area contributed by atoms with E-state index in [4.69, 9.17) is 27.7 Å². The van der Waals surface area contributed by atoms with Gasteiger partial charge in [0.2, 0.25) is 11.7 Å². The van der Waals surface area contributed by atoms with Crippen LogP contribution in [0.1, 0.15) is 5.89 Å². The summed E-state index contributed by atoms with van der Waals surface area (Å²) in [5, 5.41) is 8.27. The van der Waals surface area contributed by atoms with E-state index in [2.05, 4.69) is 20.4 Å². The SMILES string of the molecule is Clc1ccc(-c2noc(CNc3cccc(Cl)c3)n2)nc1. The van der Waals surface area contributed by atoms with E-state index in [1.165, 1.54) is 6.20 Å². The maximum Gasteiger partial charge on any atom is 0.246 e. The van der Waals surface area contributed by atoms with Crippen molar-refractivity contribution >= 4 is 28.9 Å². The number of rotatable bonds is 4. The summed E-state index contributed by atoms with van der Waals surface area (Å²) in [7, 11) is 0. The van der Waals surface area contributed by atoms with Crippen LogP contribution in [0.15, 0.2) is 47.1 Å². The number of benzene rings is 1. The van der Waals surface area contributed by atoms with Gasteiger partial charge in [-0.1, -0.05) is 34.4 Å². The van der Waals surface area contributed by atoms with Crippen molar-refractivity contribution in [2.45, 2.75) is 6.54 Å². The van der Waals surface area contributed by atoms with Gasteiger partial charge in [0.05, 0.1) is 11.6 Å². The maximum atomic E-state index is 5.91. The topological polar surface area (TPSA) is 63.8 Å². The minimum Gasteiger partial charge on any atom is -0.376 e. The van der Waals surface area contributed by atoms with Gasteiger partial charge in [0.1, 0.15) is 5.69 Å². The molecule has 0 saturated carbocycles. The second-order valence-electron chi connectivity index (χ2n) is 4.24. The Kier molecular flexibility index (Phi) is 4.03. The van der Waals surface area contributed by atoms with Crippen molar-refractivity contribution in [3.05, 3.63) is 58.5 Å². The van der Waals surface area contributed by atoms with Gasteiger partial charge >= 0.3 is 0 Å². The number of aromatic nitrogens is 3. The van der Waals surface area contributed by atoms with E-state index in [9.17, 15) is 0 Å². The molecule has 0 spiro atoms. The van der Waals surface area contributed by atoms with Gasteiger partial charge in [-0.3, -0.25) is 4.98 Å². The quantitative estimate of drug-likeness (QED) is 0.785. The van der Waals surface area contributed by atoms with Gasteiger partial charge in [0.15, 0.2) is 0 Å². The first-order valence-corrected chi connectivity index (χ1v) is 6.90. The lowest BCUT2D eigenvalue weighted by Crippen LogP contribution is -1.99. The fraction of sp³-hybridized carbons (Fsp3) is 0.0714. The van der Waals surface area contributed by atoms with E-state index in [-0.39, 0.29) is 0 Å². The van der Waals surface area contributed by atoms with Gasteiger partial charge < -0.3 is 9.84 Å². The third kappa shape index (κ3) is 3.51. The molecule has 0 radical (unpaired) electrons. The Morgan fingerprint density at radius 2 is 2.00 bits per heavy atom. The summed E-state index contributed by atoms with van der Waals surface area (Å²) in [6, 6.07) is 10.9. The molecule has 5 nitrogen and oxygen atoms in total. The third-order valence-corrected chi connectivity index (χ3v) is 3.15. The number of anilines is 1. The molecule has 0 aliphatic heterocycles. The van der Waals surface area contributed by atoms with Gasteiger partial charge in [-0.05, 0) is 30.3 Å². The van der Waals surface area contributed by atoms with E-state index in [1.807, 2.05) is 24.3 Å². The molecule has 1 N–H and O–H groups in total. The number of nitrogens with zero attached hydrogens (tertiary/aromatic N) is 3. The van der Waals surface area contributed by atoms with Crippen molar-refractivity contribution in [2.24, 2.45) is 0 Å². The lowest BCUT2D eigenvalue weighted by molar-refractivity contribution is 0.384. The van der Waals surface area contributed by atoms with Crippen LogP contribution in [0.3, 0.4) is 0 Å². The number of hydrogen-bond donors (Lipinski definition) is 1. The molecule has 0 unspecified atom stereocenters. The molecule has 21 heavy (non-hydrogen) atoms. The fourth-order valence-corrected chi connectivity index (χ4v) is 2.02. The minimum atomic E-state index is 0.404. The lowest BCUT2D eigenvalue weighted by atomic mass is 10.3. The van der Waals surface area contributed by atoms with Gasteiger partial charge in [-0.2, -0.15) is 4.98 Å². The van der Waals surface area contributed by atoms with E-state index < -0.39 is 0 Å². The minimum absolute atomic E-state index is 0.404. The van der Waals surface area contributed by atoms with Crippen molar-refractivity contribution in [3.8, 4) is 11.5 Å². The standard InChI is InChI=1S/C14H10Cl2N4O/c15-9-2-1-3-11(6-9)17-8-13-19-14(20-21-13)12-5-4-10(16)7-18-12/h1-7,17H,8H2. The van der Waals surface area contributed by atoms with E-state index in [0.29, 0.717) is 34.0 Å². The number of nitrogens with one attached hydrogen (secondary N) is 1. The van der Waals surface area contributed by atoms with Crippen molar-refractivity contribution in [1.29, 1.82) is 0 Å². The van der Waals surface area contributed by atoms with Crippen LogP contribution in [0.4, 0.5) is 5.69 Å². The molecule has 1 aromatic carbocycles. The Labute approximate surface area is 130 Å². The van der Waals surface area contributed by atoms with Crippen LogP contribution in [-0.4, -0.2) is 15.1 Å². The predicted octanol–water partition coefficient (Wildman–Crippen LogP) is 4.05. The summed E-state index contributed by atoms with van der Waals surface area (Å²) in [6.45, 7) is 0.404. The Hall–Kier alpha value is -2.11. The maximum absolute atomic E-state index is 5.91. The van der Waals surface area contributed by atoms with Gasteiger partial charge in [0, 0.05) is 16.9 Å². The normalized spacial score (nSPS) is 10.6. The second-order valence-corrected chi connectivity index (χ2v) is 5.11.